The van der Waals surface area contributed by atoms with Crippen LogP contribution in [0.15, 0.2) is 12.3 Å². The first-order valence-electron chi connectivity index (χ1n) is 4.32. The molecule has 0 saturated carbocycles. The second-order valence-corrected chi connectivity index (χ2v) is 3.20. The van der Waals surface area contributed by atoms with Gasteiger partial charge >= 0.3 is 0 Å². The molecule has 1 aliphatic rings. The number of hydrogen-bond acceptors (Lipinski definition) is 4. The minimum absolute atomic E-state index is 0.248. The SMILES string of the molecule is CN(C)C1COCCN1C=CC#N. The van der Waals surface area contributed by atoms with Gasteiger partial charge in [-0.05, 0) is 14.1 Å². The summed E-state index contributed by atoms with van der Waals surface area (Å²) in [6.45, 7) is 2.28. The summed E-state index contributed by atoms with van der Waals surface area (Å²) in [4.78, 5) is 4.20. The average molecular weight is 181 g/mol. The Labute approximate surface area is 79.0 Å². The Hall–Kier alpha value is -1.05. The van der Waals surface area contributed by atoms with Gasteiger partial charge in [0, 0.05) is 18.8 Å². The molecule has 0 aromatic carbocycles. The summed E-state index contributed by atoms with van der Waals surface area (Å²) < 4.78 is 5.35. The molecule has 1 unspecified atom stereocenters. The Morgan fingerprint density at radius 1 is 1.62 bits per heavy atom. The number of morpholine rings is 1. The highest BCUT2D eigenvalue weighted by molar-refractivity contribution is 5.02. The van der Waals surface area contributed by atoms with E-state index in [2.05, 4.69) is 9.80 Å². The van der Waals surface area contributed by atoms with Crippen molar-refractivity contribution in [3.63, 3.8) is 0 Å². The van der Waals surface area contributed by atoms with Gasteiger partial charge < -0.3 is 9.64 Å². The first kappa shape index (κ1) is 10.0. The van der Waals surface area contributed by atoms with Crippen LogP contribution in [0.1, 0.15) is 0 Å². The lowest BCUT2D eigenvalue weighted by atomic mass is 10.3. The van der Waals surface area contributed by atoms with Crippen LogP contribution in [0.5, 0.6) is 0 Å². The van der Waals surface area contributed by atoms with E-state index in [4.69, 9.17) is 10.00 Å². The third-order valence-electron chi connectivity index (χ3n) is 2.08. The normalized spacial score (nSPS) is 23.8. The van der Waals surface area contributed by atoms with Gasteiger partial charge in [0.25, 0.3) is 0 Å². The predicted molar refractivity (Wildman–Crippen MR) is 49.8 cm³/mol. The summed E-state index contributed by atoms with van der Waals surface area (Å²) in [7, 11) is 4.01. The van der Waals surface area contributed by atoms with E-state index in [-0.39, 0.29) is 6.17 Å². The summed E-state index contributed by atoms with van der Waals surface area (Å²) in [5.74, 6) is 0. The van der Waals surface area contributed by atoms with Crippen LogP contribution in [0.3, 0.4) is 0 Å². The molecule has 0 aromatic rings. The molecule has 0 aromatic heterocycles. The van der Waals surface area contributed by atoms with Crippen molar-refractivity contribution < 1.29 is 4.74 Å². The van der Waals surface area contributed by atoms with E-state index in [9.17, 15) is 0 Å². The van der Waals surface area contributed by atoms with Crippen molar-refractivity contribution in [2.45, 2.75) is 6.17 Å². The van der Waals surface area contributed by atoms with Crippen molar-refractivity contribution in [1.29, 1.82) is 5.26 Å². The zero-order chi connectivity index (χ0) is 9.68. The highest BCUT2D eigenvalue weighted by Gasteiger charge is 2.21. The Kier molecular flexibility index (Phi) is 3.74. The van der Waals surface area contributed by atoms with Crippen LogP contribution in [0, 0.1) is 11.3 Å². The van der Waals surface area contributed by atoms with Crippen LogP contribution < -0.4 is 0 Å². The van der Waals surface area contributed by atoms with Crippen LogP contribution in [-0.2, 0) is 4.74 Å². The third-order valence-corrected chi connectivity index (χ3v) is 2.08. The summed E-state index contributed by atoms with van der Waals surface area (Å²) >= 11 is 0. The Bertz CT molecular complexity index is 219. The molecule has 13 heavy (non-hydrogen) atoms. The molecule has 0 radical (unpaired) electrons. The van der Waals surface area contributed by atoms with Gasteiger partial charge in [0.15, 0.2) is 0 Å². The van der Waals surface area contributed by atoms with Gasteiger partial charge in [0.1, 0.15) is 6.17 Å². The van der Waals surface area contributed by atoms with Crippen molar-refractivity contribution in [2.24, 2.45) is 0 Å². The summed E-state index contributed by atoms with van der Waals surface area (Å²) in [5.41, 5.74) is 0. The van der Waals surface area contributed by atoms with E-state index < -0.39 is 0 Å². The monoisotopic (exact) mass is 181 g/mol. The average Bonchev–Trinajstić information content (AvgIpc) is 2.15. The second-order valence-electron chi connectivity index (χ2n) is 3.20. The van der Waals surface area contributed by atoms with Crippen LogP contribution in [0.25, 0.3) is 0 Å². The maximum Gasteiger partial charge on any atom is 0.105 e. The fourth-order valence-corrected chi connectivity index (χ4v) is 1.35. The van der Waals surface area contributed by atoms with E-state index in [1.807, 2.05) is 26.4 Å². The number of likely N-dealkylation sites (N-methyl/N-ethyl adjacent to an activating group) is 1. The van der Waals surface area contributed by atoms with Crippen molar-refractivity contribution in [3.05, 3.63) is 12.3 Å². The van der Waals surface area contributed by atoms with Gasteiger partial charge in [0.05, 0.1) is 19.3 Å². The van der Waals surface area contributed by atoms with E-state index >= 15 is 0 Å². The number of ether oxygens (including phenoxy) is 1. The molecule has 0 spiro atoms. The van der Waals surface area contributed by atoms with E-state index in [0.29, 0.717) is 6.61 Å². The molecule has 4 heteroatoms. The molecule has 1 heterocycles. The molecule has 0 aliphatic carbocycles. The highest BCUT2D eigenvalue weighted by Crippen LogP contribution is 2.08. The summed E-state index contributed by atoms with van der Waals surface area (Å²) in [5, 5.41) is 8.41. The Morgan fingerprint density at radius 2 is 2.38 bits per heavy atom. The van der Waals surface area contributed by atoms with Crippen molar-refractivity contribution in [2.75, 3.05) is 33.9 Å². The number of hydrogen-bond donors (Lipinski definition) is 0. The minimum Gasteiger partial charge on any atom is -0.376 e. The molecule has 72 valence electrons. The van der Waals surface area contributed by atoms with Gasteiger partial charge in [-0.15, -0.1) is 0 Å². The fourth-order valence-electron chi connectivity index (χ4n) is 1.35. The summed E-state index contributed by atoms with van der Waals surface area (Å²) in [6.07, 6.45) is 3.58. The largest absolute Gasteiger partial charge is 0.376 e. The molecule has 1 fully saturated rings. The van der Waals surface area contributed by atoms with Gasteiger partial charge in [-0.1, -0.05) is 0 Å². The molecule has 0 amide bonds. The Morgan fingerprint density at radius 3 is 3.00 bits per heavy atom. The second kappa shape index (κ2) is 4.85. The number of allylic oxidation sites excluding steroid dienone is 1. The van der Waals surface area contributed by atoms with Gasteiger partial charge in [-0.2, -0.15) is 5.26 Å². The molecular formula is C9H15N3O. The van der Waals surface area contributed by atoms with Crippen LogP contribution in [0.2, 0.25) is 0 Å². The Balaban J connectivity index is 2.57. The maximum atomic E-state index is 8.41. The zero-order valence-corrected chi connectivity index (χ0v) is 8.10. The van der Waals surface area contributed by atoms with Crippen molar-refractivity contribution >= 4 is 0 Å². The van der Waals surface area contributed by atoms with Crippen molar-refractivity contribution in [1.82, 2.24) is 9.80 Å². The third kappa shape index (κ3) is 2.72. The standard InChI is InChI=1S/C9H15N3O/c1-11(2)9-8-13-7-6-12(9)5-3-4-10/h3,5,9H,6-8H2,1-2H3. The lowest BCUT2D eigenvalue weighted by molar-refractivity contribution is -0.0374. The first-order chi connectivity index (χ1) is 6.25. The number of rotatable bonds is 2. The molecular weight excluding hydrogens is 166 g/mol. The van der Waals surface area contributed by atoms with Gasteiger partial charge in [0.2, 0.25) is 0 Å². The summed E-state index contributed by atoms with van der Waals surface area (Å²) in [6, 6.07) is 1.99. The number of nitriles is 1. The van der Waals surface area contributed by atoms with E-state index in [1.54, 1.807) is 0 Å². The molecule has 1 atom stereocenters. The molecule has 4 nitrogen and oxygen atoms in total. The van der Waals surface area contributed by atoms with E-state index in [1.165, 1.54) is 6.08 Å². The smallest absolute Gasteiger partial charge is 0.105 e. The quantitative estimate of drug-likeness (QED) is 0.572. The molecule has 1 rings (SSSR count). The van der Waals surface area contributed by atoms with Crippen molar-refractivity contribution in [3.8, 4) is 6.07 Å². The van der Waals surface area contributed by atoms with Crippen LogP contribution >= 0.6 is 0 Å². The first-order valence-corrected chi connectivity index (χ1v) is 4.32. The minimum atomic E-state index is 0.248. The predicted octanol–water partition coefficient (Wildman–Crippen LogP) is 0.244. The van der Waals surface area contributed by atoms with Gasteiger partial charge in [-0.3, -0.25) is 4.90 Å². The molecule has 0 bridgehead atoms. The highest BCUT2D eigenvalue weighted by atomic mass is 16.5. The topological polar surface area (TPSA) is 39.5 Å². The lowest BCUT2D eigenvalue weighted by Gasteiger charge is -2.38. The zero-order valence-electron chi connectivity index (χ0n) is 8.10. The maximum absolute atomic E-state index is 8.41. The lowest BCUT2D eigenvalue weighted by Crippen LogP contribution is -2.50. The molecule has 0 N–H and O–H groups in total. The van der Waals surface area contributed by atoms with Gasteiger partial charge in [-0.25, -0.2) is 0 Å². The van der Waals surface area contributed by atoms with Crippen LogP contribution in [-0.4, -0.2) is 49.8 Å². The van der Waals surface area contributed by atoms with Crippen LogP contribution in [0.4, 0.5) is 0 Å². The molecule has 1 saturated heterocycles. The molecule has 1 aliphatic heterocycles. The number of nitrogens with zero attached hydrogens (tertiary/aromatic N) is 3. The fraction of sp³-hybridized carbons (Fsp3) is 0.667. The van der Waals surface area contributed by atoms with E-state index in [0.717, 1.165) is 13.2 Å².